The van der Waals surface area contributed by atoms with Gasteiger partial charge in [0, 0.05) is 159 Å². The molecule has 0 spiro atoms. The molecule has 0 atom stereocenters. The van der Waals surface area contributed by atoms with Gasteiger partial charge in [-0.2, -0.15) is 0 Å². The molecular formula is C138H87N7OS3. The lowest BCUT2D eigenvalue weighted by Crippen LogP contribution is -2.15. The first-order chi connectivity index (χ1) is 73.6. The largest absolute Gasteiger partial charge is 0.456 e. The lowest BCUT2D eigenvalue weighted by Gasteiger charge is -2.22. The van der Waals surface area contributed by atoms with E-state index in [0.717, 1.165) is 129 Å². The zero-order chi connectivity index (χ0) is 98.2. The molecule has 31 aromatic rings. The molecule has 0 radical (unpaired) electrons. The van der Waals surface area contributed by atoms with E-state index in [1.165, 1.54) is 165 Å². The summed E-state index contributed by atoms with van der Waals surface area (Å²) in [6, 6.07) is 177. The zero-order valence-corrected chi connectivity index (χ0v) is 83.5. The van der Waals surface area contributed by atoms with E-state index in [-0.39, 0.29) is 5.41 Å². The Kier molecular flexibility index (Phi) is 19.8. The third kappa shape index (κ3) is 14.0. The molecule has 1 aliphatic carbocycles. The standard InChI is InChI=1S/C47H29N3S.C47H28N2OS.C44H30N2S/c1-3-14-30(15-4-1)38-28-32(29-39(48-38)35-21-13-25-44-45(35)37-20-9-12-24-43(37)51-44)49-41-23-11-8-19-36(41)46-42(49)27-26-34-33-18-7-10-22-40(33)50(47(34)46)31-16-5-2-6-17-31;1-2-10-29(11-3-1)30-18-20-31(21-19-30)40-25-33(26-41(48-40)32-22-23-37-36-14-6-9-17-46(36)51-47(37)24-32)49-42-15-7-4-12-34(42)38-28-45-39(27-43(38)49)35-13-5-8-16-44(35)50-45;1-44(2)35-17-9-6-14-30(35)32-21-22-39-42(43(32)44)33-16-7-10-18-38(33)46(39)29-25-36(27-12-4-3-5-13-27)45-37(26-29)28-20-23-41-34(24-28)31-15-8-11-19-40(31)47-41/h1-29H;1-28H;3-26H,1-2H3. The Morgan fingerprint density at radius 1 is 0.195 bits per heavy atom. The molecule has 0 saturated heterocycles. The van der Waals surface area contributed by atoms with Gasteiger partial charge in [-0.3, -0.25) is 0 Å². The van der Waals surface area contributed by atoms with Crippen molar-refractivity contribution < 1.29 is 4.42 Å². The second kappa shape index (κ2) is 34.4. The maximum Gasteiger partial charge on any atom is 0.136 e. The Bertz CT molecular complexity index is 10900. The minimum absolute atomic E-state index is 0.113. The molecule has 0 unspecified atom stereocenters. The van der Waals surface area contributed by atoms with E-state index in [1.807, 2.05) is 46.1 Å². The second-order valence-electron chi connectivity index (χ2n) is 39.5. The SMILES string of the molecule is CC1(C)c2ccccc2-c2ccc3c(c21)c1ccccc1n3-c1cc(-c2ccccc2)nc(-c2ccc3sc4ccccc4c3c2)c1.c1ccc(-c2cc(-n3c4ccccc4c4c3ccc3c5ccccc5n(-c5ccccc5)c34)cc(-c3cccc4sc5ccccc5c34)n2)cc1.c1ccc(-c2ccc(-c3cc(-n4c5ccccc5c5cc6oc7ccccc7c6cc54)cc(-c4ccc5c(c4)sc4ccccc45)n3)cc2)cc1. The fourth-order valence-corrected chi connectivity index (χ4v) is 27.3. The van der Waals surface area contributed by atoms with Crippen molar-refractivity contribution >= 4 is 204 Å². The minimum atomic E-state index is -0.113. The molecule has 0 bridgehead atoms. The highest BCUT2D eigenvalue weighted by atomic mass is 32.1. The van der Waals surface area contributed by atoms with E-state index in [1.54, 1.807) is 0 Å². The number of hydrogen-bond acceptors (Lipinski definition) is 7. The third-order valence-corrected chi connectivity index (χ3v) is 34.1. The number of benzene rings is 20. The number of hydrogen-bond donors (Lipinski definition) is 0. The summed E-state index contributed by atoms with van der Waals surface area (Å²) in [7, 11) is 0. The van der Waals surface area contributed by atoms with Gasteiger partial charge in [-0.1, -0.05) is 360 Å². The number of thiophene rings is 3. The predicted molar refractivity (Wildman–Crippen MR) is 632 cm³/mol. The Labute approximate surface area is 868 Å². The van der Waals surface area contributed by atoms with E-state index in [0.29, 0.717) is 0 Å². The highest BCUT2D eigenvalue weighted by molar-refractivity contribution is 7.26. The van der Waals surface area contributed by atoms with Crippen LogP contribution in [-0.2, 0) is 5.41 Å². The van der Waals surface area contributed by atoms with Crippen LogP contribution in [0.25, 0.3) is 282 Å². The van der Waals surface area contributed by atoms with Gasteiger partial charge in [0.15, 0.2) is 0 Å². The predicted octanol–water partition coefficient (Wildman–Crippen LogP) is 38.6. The normalized spacial score (nSPS) is 12.4. The van der Waals surface area contributed by atoms with Crippen molar-refractivity contribution in [3.05, 3.63) is 503 Å². The number of pyridine rings is 3. The summed E-state index contributed by atoms with van der Waals surface area (Å²) in [4.78, 5) is 16.1. The molecule has 149 heavy (non-hydrogen) atoms. The van der Waals surface area contributed by atoms with Crippen molar-refractivity contribution in [1.29, 1.82) is 0 Å². The number of furan rings is 1. The molecule has 0 fully saturated rings. The molecule has 32 rings (SSSR count). The van der Waals surface area contributed by atoms with Gasteiger partial charge in [-0.25, -0.2) is 15.0 Å². The van der Waals surface area contributed by atoms with Crippen LogP contribution in [0.4, 0.5) is 0 Å². The average Bonchev–Trinajstić information content (AvgIpc) is 1.54. The van der Waals surface area contributed by atoms with Crippen LogP contribution < -0.4 is 0 Å². The first-order valence-corrected chi connectivity index (χ1v) is 53.2. The van der Waals surface area contributed by atoms with Crippen molar-refractivity contribution in [2.45, 2.75) is 19.3 Å². The summed E-state index contributed by atoms with van der Waals surface area (Å²) in [5.41, 5.74) is 35.8. The van der Waals surface area contributed by atoms with Gasteiger partial charge < -0.3 is 22.7 Å². The van der Waals surface area contributed by atoms with Gasteiger partial charge in [0.2, 0.25) is 0 Å². The van der Waals surface area contributed by atoms with Crippen molar-refractivity contribution in [3.63, 3.8) is 0 Å². The van der Waals surface area contributed by atoms with Gasteiger partial charge in [-0.15, -0.1) is 34.0 Å². The van der Waals surface area contributed by atoms with Crippen molar-refractivity contribution in [3.8, 4) is 113 Å². The Morgan fingerprint density at radius 2 is 0.597 bits per heavy atom. The van der Waals surface area contributed by atoms with Crippen LogP contribution in [0.15, 0.2) is 496 Å². The fourth-order valence-electron chi connectivity index (χ4n) is 24.0. The molecule has 11 aromatic heterocycles. The Morgan fingerprint density at radius 3 is 1.25 bits per heavy atom. The average molecular weight is 1960 g/mol. The van der Waals surface area contributed by atoms with Gasteiger partial charge in [0.05, 0.1) is 95.4 Å². The van der Waals surface area contributed by atoms with E-state index in [2.05, 4.69) is 511 Å². The highest BCUT2D eigenvalue weighted by Gasteiger charge is 2.39. The first-order valence-electron chi connectivity index (χ1n) is 50.7. The molecule has 11 heteroatoms. The molecule has 8 nitrogen and oxygen atoms in total. The van der Waals surface area contributed by atoms with Crippen LogP contribution in [0.5, 0.6) is 0 Å². The summed E-state index contributed by atoms with van der Waals surface area (Å²) in [6.07, 6.45) is 0. The third-order valence-electron chi connectivity index (χ3n) is 30.7. The lowest BCUT2D eigenvalue weighted by molar-refractivity contribution is 0.666. The summed E-state index contributed by atoms with van der Waals surface area (Å²) >= 11 is 5.53. The minimum Gasteiger partial charge on any atom is -0.456 e. The summed E-state index contributed by atoms with van der Waals surface area (Å²) < 4.78 is 23.8. The summed E-state index contributed by atoms with van der Waals surface area (Å²) in [5, 5.41) is 19.9. The van der Waals surface area contributed by atoms with E-state index in [9.17, 15) is 0 Å². The first kappa shape index (κ1) is 86.0. The van der Waals surface area contributed by atoms with Gasteiger partial charge in [-0.05, 0) is 179 Å². The van der Waals surface area contributed by atoms with Crippen LogP contribution in [0.2, 0.25) is 0 Å². The molecule has 0 saturated carbocycles. The highest BCUT2D eigenvalue weighted by Crippen LogP contribution is 2.55. The van der Waals surface area contributed by atoms with Crippen LogP contribution in [0.3, 0.4) is 0 Å². The fraction of sp³-hybridized carbons (Fsp3) is 0.0217. The molecule has 0 amide bonds. The van der Waals surface area contributed by atoms with Crippen LogP contribution >= 0.6 is 34.0 Å². The second-order valence-corrected chi connectivity index (χ2v) is 42.7. The quantitative estimate of drug-likeness (QED) is 0.129. The Hall–Kier alpha value is -18.5. The monoisotopic (exact) mass is 1950 g/mol. The van der Waals surface area contributed by atoms with Gasteiger partial charge in [0.25, 0.3) is 0 Å². The summed E-state index contributed by atoms with van der Waals surface area (Å²) in [6.45, 7) is 4.76. The summed E-state index contributed by atoms with van der Waals surface area (Å²) in [5.74, 6) is 0. The topological polar surface area (TPSA) is 71.5 Å². The maximum atomic E-state index is 6.36. The lowest BCUT2D eigenvalue weighted by atomic mass is 9.80. The number of nitrogens with zero attached hydrogens (tertiary/aromatic N) is 7. The molecule has 20 aromatic carbocycles. The maximum absolute atomic E-state index is 6.36. The van der Waals surface area contributed by atoms with E-state index in [4.69, 9.17) is 19.4 Å². The zero-order valence-electron chi connectivity index (χ0n) is 81.0. The van der Waals surface area contributed by atoms with Gasteiger partial charge >= 0.3 is 0 Å². The van der Waals surface area contributed by atoms with Crippen molar-refractivity contribution in [2.24, 2.45) is 0 Å². The van der Waals surface area contributed by atoms with Crippen molar-refractivity contribution in [1.82, 2.24) is 33.2 Å². The number of fused-ring (bicyclic) bond motifs is 29. The number of aromatic nitrogens is 7. The van der Waals surface area contributed by atoms with Crippen LogP contribution in [0.1, 0.15) is 25.0 Å². The molecular weight excluding hydrogens is 1870 g/mol. The molecule has 0 N–H and O–H groups in total. The number of rotatable bonds is 11. The van der Waals surface area contributed by atoms with Crippen molar-refractivity contribution in [2.75, 3.05) is 0 Å². The van der Waals surface area contributed by atoms with E-state index >= 15 is 0 Å². The molecule has 0 aliphatic heterocycles. The van der Waals surface area contributed by atoms with Gasteiger partial charge in [0.1, 0.15) is 11.2 Å². The molecule has 1 aliphatic rings. The van der Waals surface area contributed by atoms with Crippen LogP contribution in [-0.4, -0.2) is 33.2 Å². The smallest absolute Gasteiger partial charge is 0.136 e. The molecule has 698 valence electrons. The Balaban J connectivity index is 0.000000103. The number of para-hydroxylation sites is 6. The van der Waals surface area contributed by atoms with Crippen LogP contribution in [0, 0.1) is 0 Å². The molecule has 11 heterocycles. The van der Waals surface area contributed by atoms with E-state index < -0.39 is 0 Å².